The van der Waals surface area contributed by atoms with Crippen molar-refractivity contribution in [2.75, 3.05) is 19.7 Å². The Hall–Kier alpha value is -0.920. The second-order valence-corrected chi connectivity index (χ2v) is 6.74. The van der Waals surface area contributed by atoms with Crippen molar-refractivity contribution in [3.8, 4) is 0 Å². The number of piperidine rings is 1. The van der Waals surface area contributed by atoms with Gasteiger partial charge >= 0.3 is 0 Å². The average Bonchev–Trinajstić information content (AvgIpc) is 3.08. The number of rotatable bonds is 10. The molecule has 1 saturated heterocycles. The van der Waals surface area contributed by atoms with Crippen LogP contribution in [0.5, 0.6) is 0 Å². The second kappa shape index (κ2) is 10.2. The first-order valence-corrected chi connectivity index (χ1v) is 9.05. The quantitative estimate of drug-likeness (QED) is 0.473. The van der Waals surface area contributed by atoms with Gasteiger partial charge in [-0.1, -0.05) is 25.7 Å². The number of furan rings is 1. The summed E-state index contributed by atoms with van der Waals surface area (Å²) in [6.07, 6.45) is 6.21. The third kappa shape index (κ3) is 5.57. The average molecular weight is 341 g/mol. The number of hydrogen-bond acceptors (Lipinski definition) is 6. The molecule has 1 aliphatic rings. The topological polar surface area (TPSA) is 97.3 Å². The normalized spacial score (nSPS) is 28.3. The summed E-state index contributed by atoms with van der Waals surface area (Å²) >= 11 is 0. The Bertz CT molecular complexity index is 439. The van der Waals surface area contributed by atoms with E-state index in [2.05, 4.69) is 0 Å². The fraction of sp³-hybridized carbons (Fsp3) is 0.778. The number of unbranched alkanes of at least 4 members (excludes halogenated alkanes) is 5. The van der Waals surface area contributed by atoms with Gasteiger partial charge in [-0.2, -0.15) is 0 Å². The van der Waals surface area contributed by atoms with Crippen molar-refractivity contribution < 1.29 is 24.8 Å². The first-order valence-electron chi connectivity index (χ1n) is 9.05. The van der Waals surface area contributed by atoms with Gasteiger partial charge in [-0.25, -0.2) is 0 Å². The third-order valence-corrected chi connectivity index (χ3v) is 4.91. The maximum Gasteiger partial charge on any atom is 0.109 e. The summed E-state index contributed by atoms with van der Waals surface area (Å²) in [5.74, 6) is 1.05. The molecule has 138 valence electrons. The Balaban J connectivity index is 1.54. The molecular formula is C18H31NO5. The number of aliphatic hydroxyl groups is 4. The minimum Gasteiger partial charge on any atom is -0.469 e. The molecule has 4 atom stereocenters. The van der Waals surface area contributed by atoms with E-state index in [1.807, 2.05) is 17.0 Å². The predicted molar refractivity (Wildman–Crippen MR) is 90.6 cm³/mol. The third-order valence-electron chi connectivity index (χ3n) is 4.91. The molecule has 4 N–H and O–H groups in total. The predicted octanol–water partition coefficient (Wildman–Crippen LogP) is 0.922. The van der Waals surface area contributed by atoms with E-state index in [1.54, 1.807) is 6.26 Å². The highest BCUT2D eigenvalue weighted by Crippen LogP contribution is 2.20. The highest BCUT2D eigenvalue weighted by atomic mass is 16.4. The number of β-amino-alcohol motifs (C(OH)–C–C–N with tert-alkyl or cyclic N) is 1. The van der Waals surface area contributed by atoms with E-state index >= 15 is 0 Å². The fourth-order valence-electron chi connectivity index (χ4n) is 3.41. The Morgan fingerprint density at radius 3 is 2.38 bits per heavy atom. The van der Waals surface area contributed by atoms with Crippen LogP contribution in [0.25, 0.3) is 0 Å². The van der Waals surface area contributed by atoms with E-state index in [4.69, 9.17) is 4.42 Å². The van der Waals surface area contributed by atoms with E-state index in [9.17, 15) is 20.4 Å². The summed E-state index contributed by atoms with van der Waals surface area (Å²) in [7, 11) is 0. The van der Waals surface area contributed by atoms with Crippen LogP contribution in [0, 0.1) is 0 Å². The van der Waals surface area contributed by atoms with E-state index in [0.29, 0.717) is 6.54 Å². The molecule has 0 bridgehead atoms. The van der Waals surface area contributed by atoms with Crippen molar-refractivity contribution in [1.29, 1.82) is 0 Å². The Morgan fingerprint density at radius 1 is 1.00 bits per heavy atom. The summed E-state index contributed by atoms with van der Waals surface area (Å²) in [6.45, 7) is 0.808. The van der Waals surface area contributed by atoms with Gasteiger partial charge < -0.3 is 24.8 Å². The number of likely N-dealkylation sites (tertiary alicyclic amines) is 1. The van der Waals surface area contributed by atoms with Gasteiger partial charge in [0.1, 0.15) is 18.0 Å². The zero-order valence-electron chi connectivity index (χ0n) is 14.3. The second-order valence-electron chi connectivity index (χ2n) is 6.74. The van der Waals surface area contributed by atoms with Gasteiger partial charge in [-0.05, 0) is 31.5 Å². The van der Waals surface area contributed by atoms with Crippen molar-refractivity contribution >= 4 is 0 Å². The largest absolute Gasteiger partial charge is 0.469 e. The van der Waals surface area contributed by atoms with Crippen LogP contribution in [0.2, 0.25) is 0 Å². The zero-order valence-corrected chi connectivity index (χ0v) is 14.3. The SMILES string of the molecule is OC[C@@H]1[C@@H](O)[C@H](O)[C@@H](O)CN1CCCCCCCCc1ccco1. The summed E-state index contributed by atoms with van der Waals surface area (Å²) in [5.41, 5.74) is 0. The lowest BCUT2D eigenvalue weighted by molar-refractivity contribution is -0.145. The molecule has 24 heavy (non-hydrogen) atoms. The molecule has 0 aliphatic carbocycles. The van der Waals surface area contributed by atoms with Crippen LogP contribution >= 0.6 is 0 Å². The molecule has 0 aromatic carbocycles. The molecule has 2 rings (SSSR count). The van der Waals surface area contributed by atoms with Crippen LogP contribution in [0.1, 0.15) is 44.3 Å². The minimum atomic E-state index is -1.17. The molecule has 0 saturated carbocycles. The van der Waals surface area contributed by atoms with E-state index in [1.165, 1.54) is 12.8 Å². The fourth-order valence-corrected chi connectivity index (χ4v) is 3.41. The molecule has 0 unspecified atom stereocenters. The van der Waals surface area contributed by atoms with Crippen LogP contribution in [0.4, 0.5) is 0 Å². The molecule has 0 spiro atoms. The monoisotopic (exact) mass is 341 g/mol. The summed E-state index contributed by atoms with van der Waals surface area (Å²) in [6, 6.07) is 3.44. The van der Waals surface area contributed by atoms with Crippen LogP contribution in [-0.2, 0) is 6.42 Å². The highest BCUT2D eigenvalue weighted by molar-refractivity contribution is 4.97. The van der Waals surface area contributed by atoms with Gasteiger partial charge in [0.15, 0.2) is 0 Å². The first kappa shape index (κ1) is 19.4. The molecule has 1 aliphatic heterocycles. The van der Waals surface area contributed by atoms with Crippen molar-refractivity contribution in [3.63, 3.8) is 0 Å². The number of nitrogens with zero attached hydrogens (tertiary/aromatic N) is 1. The van der Waals surface area contributed by atoms with Crippen LogP contribution < -0.4 is 0 Å². The van der Waals surface area contributed by atoms with Gasteiger partial charge in [-0.15, -0.1) is 0 Å². The van der Waals surface area contributed by atoms with Crippen LogP contribution in [0.15, 0.2) is 22.8 Å². The van der Waals surface area contributed by atoms with Gasteiger partial charge in [0.25, 0.3) is 0 Å². The van der Waals surface area contributed by atoms with Crippen LogP contribution in [0.3, 0.4) is 0 Å². The molecule has 6 heteroatoms. The lowest BCUT2D eigenvalue weighted by Gasteiger charge is -2.43. The molecular weight excluding hydrogens is 310 g/mol. The van der Waals surface area contributed by atoms with Gasteiger partial charge in [0, 0.05) is 13.0 Å². The number of hydrogen-bond donors (Lipinski definition) is 4. The molecule has 2 heterocycles. The zero-order chi connectivity index (χ0) is 17.4. The Kier molecular flexibility index (Phi) is 8.21. The van der Waals surface area contributed by atoms with Crippen molar-refractivity contribution in [1.82, 2.24) is 4.90 Å². The molecule has 0 radical (unpaired) electrons. The van der Waals surface area contributed by atoms with Gasteiger partial charge in [-0.3, -0.25) is 4.90 Å². The van der Waals surface area contributed by atoms with Crippen molar-refractivity contribution in [3.05, 3.63) is 24.2 Å². The number of aryl methyl sites for hydroxylation is 1. The Labute approximate surface area is 143 Å². The maximum atomic E-state index is 9.94. The molecule has 6 nitrogen and oxygen atoms in total. The summed E-state index contributed by atoms with van der Waals surface area (Å²) < 4.78 is 5.31. The maximum absolute atomic E-state index is 9.94. The highest BCUT2D eigenvalue weighted by Gasteiger charge is 2.40. The van der Waals surface area contributed by atoms with Crippen molar-refractivity contribution in [2.45, 2.75) is 69.3 Å². The smallest absolute Gasteiger partial charge is 0.109 e. The van der Waals surface area contributed by atoms with Gasteiger partial charge in [0.2, 0.25) is 0 Å². The minimum absolute atomic E-state index is 0.211. The van der Waals surface area contributed by atoms with Crippen molar-refractivity contribution in [2.24, 2.45) is 0 Å². The lowest BCUT2D eigenvalue weighted by Crippen LogP contribution is -2.62. The Morgan fingerprint density at radius 2 is 1.71 bits per heavy atom. The van der Waals surface area contributed by atoms with E-state index < -0.39 is 24.4 Å². The summed E-state index contributed by atoms with van der Waals surface area (Å²) in [5, 5.41) is 38.8. The molecule has 0 amide bonds. The van der Waals surface area contributed by atoms with Gasteiger partial charge in [0.05, 0.1) is 25.0 Å². The van der Waals surface area contributed by atoms with Crippen LogP contribution in [-0.4, -0.2) is 69.4 Å². The first-order chi connectivity index (χ1) is 11.6. The number of aliphatic hydroxyl groups excluding tert-OH is 4. The standard InChI is InChI=1S/C18H31NO5/c20-13-15-17(22)18(23)16(21)12-19(15)10-6-4-2-1-3-5-8-14-9-7-11-24-14/h7,9,11,15-18,20-23H,1-6,8,10,12-13H2/t15-,16+,17-,18-/m1/s1. The molecule has 1 fully saturated rings. The van der Waals surface area contributed by atoms with E-state index in [-0.39, 0.29) is 6.61 Å². The molecule has 1 aromatic rings. The van der Waals surface area contributed by atoms with E-state index in [0.717, 1.165) is 44.4 Å². The lowest BCUT2D eigenvalue weighted by atomic mass is 9.94. The summed E-state index contributed by atoms with van der Waals surface area (Å²) in [4.78, 5) is 1.89. The molecule has 1 aromatic heterocycles.